The predicted octanol–water partition coefficient (Wildman–Crippen LogP) is 4.79. The van der Waals surface area contributed by atoms with Gasteiger partial charge in [-0.15, -0.1) is 0 Å². The minimum absolute atomic E-state index is 0.276. The van der Waals surface area contributed by atoms with Crippen molar-refractivity contribution in [3.63, 3.8) is 0 Å². The van der Waals surface area contributed by atoms with E-state index in [0.717, 1.165) is 43.1 Å². The van der Waals surface area contributed by atoms with Gasteiger partial charge in [0.25, 0.3) is 0 Å². The van der Waals surface area contributed by atoms with Crippen molar-refractivity contribution in [3.05, 3.63) is 40.7 Å². The average Bonchev–Trinajstić information content (AvgIpc) is 2.84. The molecular weight excluding hydrogens is 456 g/mol. The summed E-state index contributed by atoms with van der Waals surface area (Å²) in [5.41, 5.74) is 3.70. The van der Waals surface area contributed by atoms with Gasteiger partial charge in [-0.05, 0) is 76.6 Å². The number of nitrogens with zero attached hydrogens (tertiary/aromatic N) is 4. The van der Waals surface area contributed by atoms with E-state index in [1.165, 1.54) is 17.3 Å². The number of nitrogens with one attached hydrogen (secondary N) is 2. The Balaban J connectivity index is 1.50. The summed E-state index contributed by atoms with van der Waals surface area (Å²) in [6.07, 6.45) is 3.13. The van der Waals surface area contributed by atoms with Crippen molar-refractivity contribution in [2.75, 3.05) is 49.6 Å². The second-order valence-electron chi connectivity index (χ2n) is 10.6. The van der Waals surface area contributed by atoms with E-state index in [1.807, 2.05) is 33.8 Å². The van der Waals surface area contributed by atoms with Crippen LogP contribution in [0.15, 0.2) is 18.2 Å². The summed E-state index contributed by atoms with van der Waals surface area (Å²) in [5.74, 6) is 2.64. The van der Waals surface area contributed by atoms with E-state index in [1.54, 1.807) is 4.90 Å². The molecule has 0 bridgehead atoms. The Kier molecular flexibility index (Phi) is 7.78. The normalized spacial score (nSPS) is 17.1. The number of piperazine rings is 1. The first-order valence-electron chi connectivity index (χ1n) is 12.7. The minimum atomic E-state index is -0.505. The predicted molar refractivity (Wildman–Crippen MR) is 142 cm³/mol. The van der Waals surface area contributed by atoms with E-state index in [-0.39, 0.29) is 6.09 Å². The van der Waals surface area contributed by atoms with E-state index in [9.17, 15) is 4.79 Å². The molecule has 4 rings (SSSR count). The first-order chi connectivity index (χ1) is 17.1. The van der Waals surface area contributed by atoms with Crippen LogP contribution in [0, 0.1) is 19.3 Å². The lowest BCUT2D eigenvalue weighted by molar-refractivity contribution is 0.0240. The fourth-order valence-corrected chi connectivity index (χ4v) is 4.78. The molecule has 0 saturated carbocycles. The van der Waals surface area contributed by atoms with Gasteiger partial charge in [0.1, 0.15) is 23.1 Å². The molecule has 3 heterocycles. The molecule has 194 valence electrons. The van der Waals surface area contributed by atoms with Gasteiger partial charge in [0, 0.05) is 62.9 Å². The Morgan fingerprint density at radius 2 is 1.81 bits per heavy atom. The van der Waals surface area contributed by atoms with Crippen LogP contribution in [0.5, 0.6) is 0 Å². The molecule has 1 aromatic carbocycles. The molecule has 36 heavy (non-hydrogen) atoms. The summed E-state index contributed by atoms with van der Waals surface area (Å²) in [5, 5.41) is 11.4. The van der Waals surface area contributed by atoms with Gasteiger partial charge in [-0.25, -0.2) is 14.8 Å². The maximum atomic E-state index is 12.4. The van der Waals surface area contributed by atoms with Gasteiger partial charge in [-0.3, -0.25) is 0 Å². The third-order valence-electron chi connectivity index (χ3n) is 6.60. The molecule has 2 fully saturated rings. The third-order valence-corrected chi connectivity index (χ3v) is 6.60. The van der Waals surface area contributed by atoms with Crippen LogP contribution in [0.1, 0.15) is 62.0 Å². The highest BCUT2D eigenvalue weighted by Gasteiger charge is 2.27. The standard InChI is InChI=1S/C27H38N6O3/c1-18-14-21(17-28)23(15-22(18)20-6-12-35-13-7-20)31-24-16-25(30-19(2)29-24)32-8-10-33(11-9-32)26(34)36-27(3,4)5/h14-17,20,28H,6-13H2,1-5H3,(H,29,30,31). The zero-order valence-corrected chi connectivity index (χ0v) is 22.1. The van der Waals surface area contributed by atoms with Gasteiger partial charge in [-0.1, -0.05) is 0 Å². The van der Waals surface area contributed by atoms with Crippen molar-refractivity contribution < 1.29 is 14.3 Å². The molecule has 9 heteroatoms. The number of amides is 1. The lowest BCUT2D eigenvalue weighted by Crippen LogP contribution is -2.50. The van der Waals surface area contributed by atoms with E-state index >= 15 is 0 Å². The number of anilines is 3. The number of hydrogen-bond donors (Lipinski definition) is 2. The van der Waals surface area contributed by atoms with Crippen molar-refractivity contribution in [2.24, 2.45) is 0 Å². The second kappa shape index (κ2) is 10.8. The van der Waals surface area contributed by atoms with Crippen LogP contribution in [0.3, 0.4) is 0 Å². The number of aromatic nitrogens is 2. The Morgan fingerprint density at radius 1 is 1.11 bits per heavy atom. The summed E-state index contributed by atoms with van der Waals surface area (Å²) in [7, 11) is 0. The Hall–Kier alpha value is -3.20. The maximum Gasteiger partial charge on any atom is 0.410 e. The first kappa shape index (κ1) is 25.9. The van der Waals surface area contributed by atoms with E-state index in [2.05, 4.69) is 39.2 Å². The molecule has 1 aromatic heterocycles. The van der Waals surface area contributed by atoms with Gasteiger partial charge in [0.05, 0.1) is 0 Å². The molecule has 9 nitrogen and oxygen atoms in total. The van der Waals surface area contributed by atoms with Crippen LogP contribution >= 0.6 is 0 Å². The first-order valence-corrected chi connectivity index (χ1v) is 12.7. The summed E-state index contributed by atoms with van der Waals surface area (Å²) >= 11 is 0. The summed E-state index contributed by atoms with van der Waals surface area (Å²) in [4.78, 5) is 25.6. The van der Waals surface area contributed by atoms with Crippen molar-refractivity contribution in [1.82, 2.24) is 14.9 Å². The number of aryl methyl sites for hydroxylation is 2. The zero-order valence-electron chi connectivity index (χ0n) is 22.1. The molecule has 2 N–H and O–H groups in total. The lowest BCUT2D eigenvalue weighted by Gasteiger charge is -2.36. The third kappa shape index (κ3) is 6.32. The van der Waals surface area contributed by atoms with Gasteiger partial charge in [0.15, 0.2) is 0 Å². The fourth-order valence-electron chi connectivity index (χ4n) is 4.78. The van der Waals surface area contributed by atoms with Crippen LogP contribution in [0.25, 0.3) is 0 Å². The molecule has 0 spiro atoms. The highest BCUT2D eigenvalue weighted by Crippen LogP contribution is 2.34. The SMILES string of the molecule is Cc1nc(Nc2cc(C3CCOCC3)c(C)cc2C=N)cc(N2CCN(C(=O)OC(C)(C)C)CC2)n1. The Morgan fingerprint density at radius 3 is 2.44 bits per heavy atom. The molecule has 0 unspecified atom stereocenters. The zero-order chi connectivity index (χ0) is 25.9. The number of benzene rings is 1. The van der Waals surface area contributed by atoms with E-state index < -0.39 is 5.60 Å². The van der Waals surface area contributed by atoms with Crippen molar-refractivity contribution in [2.45, 2.75) is 59.0 Å². The Bertz CT molecular complexity index is 1100. The molecule has 0 aliphatic carbocycles. The van der Waals surface area contributed by atoms with Gasteiger partial charge < -0.3 is 30.0 Å². The molecule has 2 aliphatic rings. The largest absolute Gasteiger partial charge is 0.444 e. The van der Waals surface area contributed by atoms with E-state index in [4.69, 9.17) is 14.9 Å². The minimum Gasteiger partial charge on any atom is -0.444 e. The van der Waals surface area contributed by atoms with Crippen LogP contribution < -0.4 is 10.2 Å². The summed E-state index contributed by atoms with van der Waals surface area (Å²) in [6.45, 7) is 13.7. The Labute approximate surface area is 213 Å². The lowest BCUT2D eigenvalue weighted by atomic mass is 9.87. The molecule has 2 saturated heterocycles. The quantitative estimate of drug-likeness (QED) is 0.576. The average molecular weight is 495 g/mol. The number of hydrogen-bond acceptors (Lipinski definition) is 8. The van der Waals surface area contributed by atoms with Gasteiger partial charge >= 0.3 is 6.09 Å². The highest BCUT2D eigenvalue weighted by atomic mass is 16.6. The van der Waals surface area contributed by atoms with E-state index in [0.29, 0.717) is 43.7 Å². The number of ether oxygens (including phenoxy) is 2. The molecule has 2 aromatic rings. The monoisotopic (exact) mass is 494 g/mol. The maximum absolute atomic E-state index is 12.4. The summed E-state index contributed by atoms with van der Waals surface area (Å²) in [6, 6.07) is 6.19. The van der Waals surface area contributed by atoms with Crippen LogP contribution in [-0.2, 0) is 9.47 Å². The molecular formula is C27H38N6O3. The molecule has 1 amide bonds. The van der Waals surface area contributed by atoms with Gasteiger partial charge in [-0.2, -0.15) is 0 Å². The van der Waals surface area contributed by atoms with Crippen molar-refractivity contribution in [1.29, 1.82) is 5.41 Å². The fraction of sp³-hybridized carbons (Fsp3) is 0.556. The smallest absolute Gasteiger partial charge is 0.410 e. The van der Waals surface area contributed by atoms with Gasteiger partial charge in [0.2, 0.25) is 0 Å². The highest BCUT2D eigenvalue weighted by molar-refractivity contribution is 5.88. The van der Waals surface area contributed by atoms with Crippen LogP contribution in [0.4, 0.5) is 22.1 Å². The topological polar surface area (TPSA) is 104 Å². The van der Waals surface area contributed by atoms with Crippen LogP contribution in [0.2, 0.25) is 0 Å². The second-order valence-corrected chi connectivity index (χ2v) is 10.6. The summed E-state index contributed by atoms with van der Waals surface area (Å²) < 4.78 is 11.1. The number of rotatable bonds is 5. The molecule has 0 radical (unpaired) electrons. The van der Waals surface area contributed by atoms with Crippen molar-refractivity contribution in [3.8, 4) is 0 Å². The number of carbonyl (C=O) groups is 1. The van der Waals surface area contributed by atoms with Crippen molar-refractivity contribution >= 4 is 29.6 Å². The molecule has 0 atom stereocenters. The van der Waals surface area contributed by atoms with Crippen LogP contribution in [-0.4, -0.2) is 72.2 Å². The molecule has 2 aliphatic heterocycles. The number of carbonyl (C=O) groups excluding carboxylic acids is 1.